The fourth-order valence-corrected chi connectivity index (χ4v) is 8.36. The van der Waals surface area contributed by atoms with Crippen LogP contribution in [0.1, 0.15) is 11.7 Å². The maximum atomic E-state index is 5.38. The zero-order valence-corrected chi connectivity index (χ0v) is 27.6. The van der Waals surface area contributed by atoms with Crippen LogP contribution in [0, 0.1) is 0 Å². The molecule has 1 unspecified atom stereocenters. The van der Waals surface area contributed by atoms with Crippen LogP contribution in [0.5, 0.6) is 0 Å². The Bertz CT molecular complexity index is 2970. The number of rotatable bonds is 4. The largest absolute Gasteiger partial charge is 0.359 e. The smallest absolute Gasteiger partial charge is 0.137 e. The minimum Gasteiger partial charge on any atom is -0.359 e. The maximum Gasteiger partial charge on any atom is 0.137 e. The summed E-state index contributed by atoms with van der Waals surface area (Å²) < 4.78 is 7.07. The summed E-state index contributed by atoms with van der Waals surface area (Å²) in [4.78, 5) is 5.38. The van der Waals surface area contributed by atoms with Crippen LogP contribution >= 0.6 is 0 Å². The van der Waals surface area contributed by atoms with Gasteiger partial charge in [0.1, 0.15) is 11.6 Å². The van der Waals surface area contributed by atoms with E-state index in [9.17, 15) is 0 Å². The van der Waals surface area contributed by atoms with Gasteiger partial charge in [-0.15, -0.1) is 0 Å². The summed E-state index contributed by atoms with van der Waals surface area (Å²) in [5, 5.41) is 11.2. The van der Waals surface area contributed by atoms with Crippen molar-refractivity contribution < 1.29 is 0 Å². The fourth-order valence-electron chi connectivity index (χ4n) is 8.36. The quantitative estimate of drug-likeness (QED) is 0.205. The average Bonchev–Trinajstić information content (AvgIpc) is 3.84. The third-order valence-corrected chi connectivity index (χ3v) is 10.5. The van der Waals surface area contributed by atoms with Crippen LogP contribution < -0.4 is 5.32 Å². The van der Waals surface area contributed by atoms with E-state index < -0.39 is 0 Å². The molecule has 0 spiro atoms. The topological polar surface area (TPSA) is 39.7 Å². The molecule has 11 rings (SSSR count). The van der Waals surface area contributed by atoms with E-state index in [1.807, 2.05) is 0 Å². The van der Waals surface area contributed by atoms with Crippen molar-refractivity contribution in [3.05, 3.63) is 182 Å². The Morgan fingerprint density at radius 2 is 0.922 bits per heavy atom. The van der Waals surface area contributed by atoms with Crippen LogP contribution in [0.15, 0.2) is 176 Å². The van der Waals surface area contributed by atoms with E-state index in [1.54, 1.807) is 0 Å². The number of allylic oxidation sites excluding steroid dienone is 2. The van der Waals surface area contributed by atoms with Gasteiger partial charge >= 0.3 is 0 Å². The summed E-state index contributed by atoms with van der Waals surface area (Å²) in [5.41, 5.74) is 9.13. The SMILES string of the molecule is C1=CC(c2cccc(-n3c4ccccc4c4c(-n5c6ccccc6c6ccccc65)cccc43)n2)NC(n2c3ccccc3c3ccccc32)=C1. The van der Waals surface area contributed by atoms with Crippen LogP contribution in [-0.2, 0) is 0 Å². The molecule has 51 heavy (non-hydrogen) atoms. The van der Waals surface area contributed by atoms with Gasteiger partial charge in [0, 0.05) is 32.3 Å². The molecule has 0 saturated carbocycles. The number of hydrogen-bond donors (Lipinski definition) is 1. The van der Waals surface area contributed by atoms with Crippen LogP contribution in [0.3, 0.4) is 0 Å². The van der Waals surface area contributed by atoms with Crippen molar-refractivity contribution in [2.24, 2.45) is 0 Å². The zero-order valence-electron chi connectivity index (χ0n) is 27.6. The highest BCUT2D eigenvalue weighted by atomic mass is 15.2. The molecule has 5 heteroatoms. The van der Waals surface area contributed by atoms with E-state index in [4.69, 9.17) is 4.98 Å². The second kappa shape index (κ2) is 10.8. The number of nitrogens with zero attached hydrogens (tertiary/aromatic N) is 4. The van der Waals surface area contributed by atoms with Gasteiger partial charge in [0.05, 0.1) is 50.5 Å². The normalized spacial score (nSPS) is 14.7. The molecule has 5 nitrogen and oxygen atoms in total. The van der Waals surface area contributed by atoms with E-state index in [2.05, 4.69) is 195 Å². The minimum absolute atomic E-state index is 0.105. The maximum absolute atomic E-state index is 5.38. The number of fused-ring (bicyclic) bond motifs is 9. The van der Waals surface area contributed by atoms with Gasteiger partial charge in [0.2, 0.25) is 0 Å². The molecule has 0 fully saturated rings. The Hall–Kier alpha value is -6.85. The molecule has 6 aromatic carbocycles. The van der Waals surface area contributed by atoms with Crippen molar-refractivity contribution in [2.45, 2.75) is 6.04 Å². The van der Waals surface area contributed by atoms with Gasteiger partial charge in [0.25, 0.3) is 0 Å². The number of pyridine rings is 1. The van der Waals surface area contributed by atoms with Crippen LogP contribution in [0.4, 0.5) is 0 Å². The van der Waals surface area contributed by atoms with Crippen molar-refractivity contribution in [3.8, 4) is 11.5 Å². The van der Waals surface area contributed by atoms with Crippen molar-refractivity contribution in [3.63, 3.8) is 0 Å². The highest BCUT2D eigenvalue weighted by Gasteiger charge is 2.22. The molecule has 1 aliphatic rings. The Morgan fingerprint density at radius 1 is 0.431 bits per heavy atom. The van der Waals surface area contributed by atoms with Gasteiger partial charge in [-0.05, 0) is 60.7 Å². The summed E-state index contributed by atoms with van der Waals surface area (Å²) in [7, 11) is 0. The number of nitrogens with one attached hydrogen (secondary N) is 1. The van der Waals surface area contributed by atoms with Gasteiger partial charge in [-0.2, -0.15) is 0 Å². The monoisotopic (exact) mass is 653 g/mol. The van der Waals surface area contributed by atoms with E-state index in [0.29, 0.717) is 0 Å². The molecule has 240 valence electrons. The van der Waals surface area contributed by atoms with Crippen molar-refractivity contribution in [2.75, 3.05) is 0 Å². The molecule has 10 aromatic rings. The predicted molar refractivity (Wildman–Crippen MR) is 212 cm³/mol. The van der Waals surface area contributed by atoms with Crippen molar-refractivity contribution in [1.82, 2.24) is 24.0 Å². The second-order valence-corrected chi connectivity index (χ2v) is 13.2. The first-order valence-electron chi connectivity index (χ1n) is 17.5. The first-order valence-corrected chi connectivity index (χ1v) is 17.5. The molecule has 1 aliphatic heterocycles. The second-order valence-electron chi connectivity index (χ2n) is 13.2. The number of benzene rings is 6. The Morgan fingerprint density at radius 3 is 1.53 bits per heavy atom. The molecule has 1 atom stereocenters. The van der Waals surface area contributed by atoms with Gasteiger partial charge in [0.15, 0.2) is 0 Å². The molecule has 4 aromatic heterocycles. The number of para-hydroxylation sites is 5. The predicted octanol–water partition coefficient (Wildman–Crippen LogP) is 11.1. The number of hydrogen-bond acceptors (Lipinski definition) is 2. The summed E-state index contributed by atoms with van der Waals surface area (Å²) in [6.07, 6.45) is 6.49. The highest BCUT2D eigenvalue weighted by molar-refractivity contribution is 6.16. The summed E-state index contributed by atoms with van der Waals surface area (Å²) >= 11 is 0. The average molecular weight is 654 g/mol. The van der Waals surface area contributed by atoms with Crippen molar-refractivity contribution >= 4 is 71.2 Å². The van der Waals surface area contributed by atoms with E-state index in [1.165, 1.54) is 54.4 Å². The first kappa shape index (κ1) is 28.0. The molecule has 0 aliphatic carbocycles. The molecule has 0 amide bonds. The van der Waals surface area contributed by atoms with Gasteiger partial charge in [-0.1, -0.05) is 115 Å². The highest BCUT2D eigenvalue weighted by Crippen LogP contribution is 2.40. The minimum atomic E-state index is -0.105. The standard InChI is InChI=1S/C46H31N5/c1-6-21-37-30(14-1)31-15-2-7-22-38(31)49(37)42-26-13-27-43-46(42)34-18-5-10-25-41(34)51(43)45-29-12-20-36(48-45)35-19-11-28-44(47-35)50-39-23-8-3-16-32(39)33-17-4-9-24-40(33)50/h1-29,35,47H. The lowest BCUT2D eigenvalue weighted by atomic mass is 10.1. The first-order chi connectivity index (χ1) is 25.3. The Balaban J connectivity index is 1.06. The summed E-state index contributed by atoms with van der Waals surface area (Å²) in [6, 6.07) is 56.3. The molecular formula is C46H31N5. The van der Waals surface area contributed by atoms with Crippen molar-refractivity contribution in [1.29, 1.82) is 0 Å². The number of aromatic nitrogens is 4. The molecule has 0 bridgehead atoms. The van der Waals surface area contributed by atoms with E-state index in [-0.39, 0.29) is 6.04 Å². The molecule has 5 heterocycles. The summed E-state index contributed by atoms with van der Waals surface area (Å²) in [5.74, 6) is 1.92. The Kier molecular flexibility index (Phi) is 5.95. The third-order valence-electron chi connectivity index (χ3n) is 10.5. The lowest BCUT2D eigenvalue weighted by Crippen LogP contribution is -2.24. The molecular weight excluding hydrogens is 623 g/mol. The van der Waals surface area contributed by atoms with Crippen LogP contribution in [0.2, 0.25) is 0 Å². The Labute approximate surface area is 293 Å². The third kappa shape index (κ3) is 4.06. The lowest BCUT2D eigenvalue weighted by Gasteiger charge is -2.24. The van der Waals surface area contributed by atoms with Gasteiger partial charge < -0.3 is 9.88 Å². The molecule has 1 N–H and O–H groups in total. The van der Waals surface area contributed by atoms with E-state index >= 15 is 0 Å². The molecule has 0 radical (unpaired) electrons. The van der Waals surface area contributed by atoms with Gasteiger partial charge in [-0.3, -0.25) is 9.13 Å². The van der Waals surface area contributed by atoms with E-state index in [0.717, 1.165) is 34.1 Å². The number of dihydropyridines is 1. The van der Waals surface area contributed by atoms with Gasteiger partial charge in [-0.25, -0.2) is 4.98 Å². The van der Waals surface area contributed by atoms with Crippen LogP contribution in [0.25, 0.3) is 82.7 Å². The summed E-state index contributed by atoms with van der Waals surface area (Å²) in [6.45, 7) is 0. The fraction of sp³-hybridized carbons (Fsp3) is 0.0217. The molecule has 0 saturated heterocycles. The van der Waals surface area contributed by atoms with Crippen LogP contribution in [-0.4, -0.2) is 18.7 Å². The zero-order chi connectivity index (χ0) is 33.5. The lowest BCUT2D eigenvalue weighted by molar-refractivity contribution is 0.710.